The van der Waals surface area contributed by atoms with Crippen molar-refractivity contribution < 1.29 is 28.6 Å². The molecule has 0 radical (unpaired) electrons. The summed E-state index contributed by atoms with van der Waals surface area (Å²) in [5.74, 6) is -0.812. The Hall–Kier alpha value is -4.04. The van der Waals surface area contributed by atoms with Gasteiger partial charge in [-0.25, -0.2) is 9.18 Å². The monoisotopic (exact) mass is 538 g/mol. The molecule has 0 aliphatic rings. The molecule has 0 aliphatic carbocycles. The van der Waals surface area contributed by atoms with E-state index in [1.165, 1.54) is 26.0 Å². The molecule has 0 saturated carbocycles. The molecule has 3 aromatic carbocycles. The Bertz CT molecular complexity index is 1560. The van der Waals surface area contributed by atoms with Gasteiger partial charge in [0.2, 0.25) is 0 Å². The number of aliphatic carboxylic acids is 1. The summed E-state index contributed by atoms with van der Waals surface area (Å²) in [6.45, 7) is 6.63. The van der Waals surface area contributed by atoms with Crippen LogP contribution < -0.4 is 14.8 Å². The minimum absolute atomic E-state index is 0.0880. The lowest BCUT2D eigenvalue weighted by atomic mass is 10.1. The molecule has 1 amide bonds. The van der Waals surface area contributed by atoms with Crippen molar-refractivity contribution in [1.29, 1.82) is 0 Å². The fourth-order valence-electron chi connectivity index (χ4n) is 4.23. The van der Waals surface area contributed by atoms with Gasteiger partial charge in [-0.15, -0.1) is 0 Å². The average Bonchev–Trinajstić information content (AvgIpc) is 3.08. The van der Waals surface area contributed by atoms with Gasteiger partial charge in [-0.1, -0.05) is 11.6 Å². The number of nitrogens with one attached hydrogen (secondary N) is 1. The molecule has 1 heterocycles. The number of amides is 1. The van der Waals surface area contributed by atoms with E-state index < -0.39 is 17.4 Å². The molecule has 7 nitrogen and oxygen atoms in total. The van der Waals surface area contributed by atoms with Crippen LogP contribution in [0.3, 0.4) is 0 Å². The summed E-state index contributed by atoms with van der Waals surface area (Å²) in [4.78, 5) is 24.4. The second kappa shape index (κ2) is 10.4. The van der Waals surface area contributed by atoms with Crippen LogP contribution in [0.4, 0.5) is 4.39 Å². The SMILES string of the molecule is Cc1cc(Oc2cc(F)cc(CNC(=O)c3c(C)c4cc(Cl)ccc4n3C)c2)ccc1OC(C)(C)C(=O)O. The largest absolute Gasteiger partial charge is 0.478 e. The number of rotatable bonds is 8. The van der Waals surface area contributed by atoms with E-state index in [0.717, 1.165) is 16.5 Å². The summed E-state index contributed by atoms with van der Waals surface area (Å²) in [6.07, 6.45) is 0. The van der Waals surface area contributed by atoms with Gasteiger partial charge in [-0.3, -0.25) is 4.79 Å². The number of carboxylic acids is 1. The van der Waals surface area contributed by atoms with E-state index in [4.69, 9.17) is 21.1 Å². The van der Waals surface area contributed by atoms with Crippen LogP contribution in [-0.2, 0) is 18.4 Å². The summed E-state index contributed by atoms with van der Waals surface area (Å²) in [6, 6.07) is 14.6. The zero-order valence-electron chi connectivity index (χ0n) is 21.7. The highest BCUT2D eigenvalue weighted by atomic mass is 35.5. The summed E-state index contributed by atoms with van der Waals surface area (Å²) in [7, 11) is 1.81. The molecule has 198 valence electrons. The maximum atomic E-state index is 14.4. The summed E-state index contributed by atoms with van der Waals surface area (Å²) >= 11 is 6.13. The van der Waals surface area contributed by atoms with E-state index in [-0.39, 0.29) is 18.2 Å². The predicted octanol–water partition coefficient (Wildman–Crippen LogP) is 6.55. The molecule has 0 spiro atoms. The van der Waals surface area contributed by atoms with Crippen molar-refractivity contribution in [3.05, 3.63) is 87.8 Å². The lowest BCUT2D eigenvalue weighted by Gasteiger charge is -2.23. The Balaban J connectivity index is 1.49. The average molecular weight is 539 g/mol. The number of carboxylic acid groups (broad SMARTS) is 1. The van der Waals surface area contributed by atoms with Crippen LogP contribution in [0.15, 0.2) is 54.6 Å². The van der Waals surface area contributed by atoms with E-state index >= 15 is 0 Å². The van der Waals surface area contributed by atoms with Gasteiger partial charge in [0, 0.05) is 35.6 Å². The number of aryl methyl sites for hydroxylation is 3. The zero-order chi connectivity index (χ0) is 27.8. The van der Waals surface area contributed by atoms with Crippen LogP contribution in [0.25, 0.3) is 10.9 Å². The molecule has 2 N–H and O–H groups in total. The van der Waals surface area contributed by atoms with Gasteiger partial charge in [0.15, 0.2) is 5.60 Å². The minimum atomic E-state index is -1.40. The van der Waals surface area contributed by atoms with E-state index in [2.05, 4.69) is 5.32 Å². The normalized spacial score (nSPS) is 11.4. The van der Waals surface area contributed by atoms with Crippen LogP contribution in [0.5, 0.6) is 17.2 Å². The summed E-state index contributed by atoms with van der Waals surface area (Å²) < 4.78 is 27.7. The Morgan fingerprint density at radius 3 is 2.47 bits per heavy atom. The van der Waals surface area contributed by atoms with Gasteiger partial charge in [-0.2, -0.15) is 0 Å². The van der Waals surface area contributed by atoms with Crippen molar-refractivity contribution in [2.75, 3.05) is 0 Å². The molecular weight excluding hydrogens is 511 g/mol. The first kappa shape index (κ1) is 27.0. The summed E-state index contributed by atoms with van der Waals surface area (Å²) in [5, 5.41) is 13.6. The molecule has 0 saturated heterocycles. The minimum Gasteiger partial charge on any atom is -0.478 e. The molecule has 38 heavy (non-hydrogen) atoms. The van der Waals surface area contributed by atoms with Gasteiger partial charge >= 0.3 is 5.97 Å². The first-order valence-corrected chi connectivity index (χ1v) is 12.3. The Morgan fingerprint density at radius 2 is 1.79 bits per heavy atom. The Morgan fingerprint density at radius 1 is 1.05 bits per heavy atom. The highest BCUT2D eigenvalue weighted by Gasteiger charge is 2.30. The number of nitrogens with zero attached hydrogens (tertiary/aromatic N) is 1. The number of hydrogen-bond donors (Lipinski definition) is 2. The fourth-order valence-corrected chi connectivity index (χ4v) is 4.40. The molecule has 1 aromatic heterocycles. The molecule has 0 atom stereocenters. The van der Waals surface area contributed by atoms with E-state index in [1.54, 1.807) is 37.3 Å². The maximum absolute atomic E-state index is 14.4. The second-order valence-corrected chi connectivity index (χ2v) is 10.1. The predicted molar refractivity (Wildman–Crippen MR) is 144 cm³/mol. The van der Waals surface area contributed by atoms with Crippen molar-refractivity contribution >= 4 is 34.4 Å². The summed E-state index contributed by atoms with van der Waals surface area (Å²) in [5.41, 5.74) is 1.98. The van der Waals surface area contributed by atoms with Gasteiger partial charge in [0.1, 0.15) is 28.8 Å². The standard InChI is InChI=1S/C29H28ClFN2O5/c1-16-10-21(7-9-25(16)38-29(3,4)28(35)36)37-22-12-18(11-20(31)14-22)15-32-27(34)26-17(2)23-13-19(30)6-8-24(23)33(26)5/h6-14H,15H2,1-5H3,(H,32,34)(H,35,36). The fraction of sp³-hybridized carbons (Fsp3) is 0.241. The number of aromatic nitrogens is 1. The van der Waals surface area contributed by atoms with Crippen molar-refractivity contribution in [1.82, 2.24) is 9.88 Å². The van der Waals surface area contributed by atoms with Gasteiger partial charge < -0.3 is 24.5 Å². The van der Waals surface area contributed by atoms with Gasteiger partial charge in [0.25, 0.3) is 5.91 Å². The third-order valence-electron chi connectivity index (χ3n) is 6.28. The van der Waals surface area contributed by atoms with Gasteiger partial charge in [-0.05, 0) is 92.9 Å². The smallest absolute Gasteiger partial charge is 0.347 e. The number of fused-ring (bicyclic) bond motifs is 1. The van der Waals surface area contributed by atoms with Crippen molar-refractivity contribution in [3.8, 4) is 17.2 Å². The van der Waals surface area contributed by atoms with Crippen LogP contribution in [0.1, 0.15) is 41.0 Å². The molecule has 0 fully saturated rings. The van der Waals surface area contributed by atoms with Crippen molar-refractivity contribution in [2.24, 2.45) is 7.05 Å². The topological polar surface area (TPSA) is 89.8 Å². The lowest BCUT2D eigenvalue weighted by Crippen LogP contribution is -2.38. The molecule has 4 rings (SSSR count). The molecule has 9 heteroatoms. The maximum Gasteiger partial charge on any atom is 0.347 e. The van der Waals surface area contributed by atoms with Crippen LogP contribution in [-0.4, -0.2) is 27.2 Å². The molecular formula is C29H28ClFN2O5. The van der Waals surface area contributed by atoms with Crippen molar-refractivity contribution in [2.45, 2.75) is 39.8 Å². The number of halogens is 2. The van der Waals surface area contributed by atoms with Crippen LogP contribution >= 0.6 is 11.6 Å². The number of carbonyl (C=O) groups is 2. The Labute approximate surface area is 224 Å². The highest BCUT2D eigenvalue weighted by Crippen LogP contribution is 2.31. The number of ether oxygens (including phenoxy) is 2. The van der Waals surface area contributed by atoms with E-state index in [0.29, 0.717) is 33.3 Å². The lowest BCUT2D eigenvalue weighted by molar-refractivity contribution is -0.152. The Kier molecular flexibility index (Phi) is 7.37. The van der Waals surface area contributed by atoms with E-state index in [1.807, 2.05) is 30.7 Å². The first-order valence-electron chi connectivity index (χ1n) is 11.9. The number of hydrogen-bond acceptors (Lipinski definition) is 4. The quantitative estimate of drug-likeness (QED) is 0.265. The molecule has 0 unspecified atom stereocenters. The third kappa shape index (κ3) is 5.60. The first-order chi connectivity index (χ1) is 17.9. The third-order valence-corrected chi connectivity index (χ3v) is 6.51. The highest BCUT2D eigenvalue weighted by molar-refractivity contribution is 6.31. The molecule has 0 aliphatic heterocycles. The number of carbonyl (C=O) groups excluding carboxylic acids is 1. The molecule has 0 bridgehead atoms. The van der Waals surface area contributed by atoms with Gasteiger partial charge in [0.05, 0.1) is 0 Å². The zero-order valence-corrected chi connectivity index (χ0v) is 22.4. The van der Waals surface area contributed by atoms with Crippen LogP contribution in [0, 0.1) is 19.7 Å². The van der Waals surface area contributed by atoms with E-state index in [9.17, 15) is 19.1 Å². The van der Waals surface area contributed by atoms with Crippen molar-refractivity contribution in [3.63, 3.8) is 0 Å². The second-order valence-electron chi connectivity index (χ2n) is 9.62. The molecule has 4 aromatic rings. The van der Waals surface area contributed by atoms with Crippen LogP contribution in [0.2, 0.25) is 5.02 Å². The number of benzene rings is 3.